The van der Waals surface area contributed by atoms with E-state index >= 15 is 0 Å². The van der Waals surface area contributed by atoms with Gasteiger partial charge in [-0.3, -0.25) is 0 Å². The van der Waals surface area contributed by atoms with Crippen LogP contribution < -0.4 is 4.90 Å². The average molecular weight is 472 g/mol. The molecule has 1 saturated heterocycles. The molecule has 2 aliphatic rings. The molecule has 0 spiro atoms. The topological polar surface area (TPSA) is 44.1 Å². The van der Waals surface area contributed by atoms with E-state index in [2.05, 4.69) is 79.0 Å². The lowest BCUT2D eigenvalue weighted by molar-refractivity contribution is -0.137. The summed E-state index contributed by atoms with van der Waals surface area (Å²) in [6, 6.07) is 11.1. The molecule has 0 bridgehead atoms. The van der Waals surface area contributed by atoms with Crippen LogP contribution in [0, 0.1) is 11.3 Å². The largest absolute Gasteiger partial charge is 0.417 e. The first-order valence-corrected chi connectivity index (χ1v) is 11.8. The Kier molecular flexibility index (Phi) is 6.44. The molecule has 0 amide bonds. The zero-order chi connectivity index (χ0) is 24.7. The van der Waals surface area contributed by atoms with Gasteiger partial charge in [0.25, 0.3) is 0 Å². The molecule has 1 aromatic carbocycles. The number of amidine groups is 1. The number of hydrogen-bond acceptors (Lipinski definition) is 5. The molecule has 1 unspecified atom stereocenters. The fourth-order valence-electron chi connectivity index (χ4n) is 4.54. The van der Waals surface area contributed by atoms with E-state index in [4.69, 9.17) is 0 Å². The number of halogens is 3. The summed E-state index contributed by atoms with van der Waals surface area (Å²) in [6.45, 7) is 13.8. The van der Waals surface area contributed by atoms with Crippen LogP contribution in [-0.2, 0) is 6.18 Å². The van der Waals surface area contributed by atoms with Gasteiger partial charge in [-0.2, -0.15) is 18.3 Å². The van der Waals surface area contributed by atoms with Crippen LogP contribution in [0.2, 0.25) is 0 Å². The smallest absolute Gasteiger partial charge is 0.355 e. The molecule has 2 aromatic rings. The molecular formula is C26H32F3N5. The normalized spacial score (nSPS) is 20.9. The van der Waals surface area contributed by atoms with Crippen molar-refractivity contribution in [3.8, 4) is 0 Å². The minimum Gasteiger partial charge on any atom is -0.355 e. The predicted octanol–water partition coefficient (Wildman–Crippen LogP) is 5.82. The van der Waals surface area contributed by atoms with Crippen LogP contribution in [0.25, 0.3) is 0 Å². The van der Waals surface area contributed by atoms with Crippen molar-refractivity contribution in [1.29, 1.82) is 0 Å². The number of hydrogen-bond donors (Lipinski definition) is 0. The Bertz CT molecular complexity index is 1060. The van der Waals surface area contributed by atoms with Gasteiger partial charge in [0.05, 0.1) is 11.3 Å². The van der Waals surface area contributed by atoms with Crippen LogP contribution in [0.3, 0.4) is 0 Å². The molecule has 0 N–H and O–H groups in total. The van der Waals surface area contributed by atoms with Gasteiger partial charge in [-0.15, -0.1) is 5.10 Å². The van der Waals surface area contributed by atoms with Gasteiger partial charge < -0.3 is 9.80 Å². The summed E-state index contributed by atoms with van der Waals surface area (Å²) in [5.74, 6) is 2.18. The van der Waals surface area contributed by atoms with Gasteiger partial charge in [0.1, 0.15) is 11.7 Å². The molecule has 8 heteroatoms. The Labute approximate surface area is 199 Å². The Morgan fingerprint density at radius 1 is 0.912 bits per heavy atom. The standard InChI is InChI=1S/C26H32F3N5/c1-17(2)19-6-8-20(9-7-19)23-25(4,5)18(3)24(32-31-23)34-14-12-33(13-15-34)22-11-10-21(16-30-22)26(27,28)29/h6-11,16-18H,12-15H2,1-5H3. The lowest BCUT2D eigenvalue weighted by atomic mass is 9.72. The summed E-state index contributed by atoms with van der Waals surface area (Å²) in [4.78, 5) is 8.30. The molecule has 2 aliphatic heterocycles. The Balaban J connectivity index is 1.48. The third-order valence-electron chi connectivity index (χ3n) is 7.19. The highest BCUT2D eigenvalue weighted by atomic mass is 19.4. The molecule has 3 heterocycles. The number of nitrogens with zero attached hydrogens (tertiary/aromatic N) is 5. The van der Waals surface area contributed by atoms with Gasteiger partial charge in [0.2, 0.25) is 0 Å². The monoisotopic (exact) mass is 471 g/mol. The molecule has 4 rings (SSSR count). The number of pyridine rings is 1. The number of rotatable bonds is 3. The maximum atomic E-state index is 12.8. The van der Waals surface area contributed by atoms with Crippen molar-refractivity contribution in [2.75, 3.05) is 31.1 Å². The first kappa shape index (κ1) is 24.2. The Morgan fingerprint density at radius 3 is 2.06 bits per heavy atom. The highest BCUT2D eigenvalue weighted by Gasteiger charge is 2.41. The van der Waals surface area contributed by atoms with Gasteiger partial charge in [0, 0.05) is 43.7 Å². The molecule has 0 radical (unpaired) electrons. The second kappa shape index (κ2) is 9.04. The highest BCUT2D eigenvalue weighted by molar-refractivity contribution is 6.08. The molecule has 34 heavy (non-hydrogen) atoms. The first-order chi connectivity index (χ1) is 16.0. The van der Waals surface area contributed by atoms with E-state index < -0.39 is 11.7 Å². The summed E-state index contributed by atoms with van der Waals surface area (Å²) in [6.07, 6.45) is -3.47. The lowest BCUT2D eigenvalue weighted by Crippen LogP contribution is -2.53. The number of alkyl halides is 3. The van der Waals surface area contributed by atoms with Gasteiger partial charge in [-0.05, 0) is 29.2 Å². The molecule has 1 aromatic heterocycles. The highest BCUT2D eigenvalue weighted by Crippen LogP contribution is 2.37. The summed E-state index contributed by atoms with van der Waals surface area (Å²) in [5.41, 5.74) is 2.47. The van der Waals surface area contributed by atoms with Crippen LogP contribution in [0.15, 0.2) is 52.8 Å². The molecule has 0 saturated carbocycles. The number of aromatic nitrogens is 1. The van der Waals surface area contributed by atoms with Crippen molar-refractivity contribution in [3.05, 3.63) is 59.3 Å². The van der Waals surface area contributed by atoms with E-state index in [0.29, 0.717) is 24.8 Å². The summed E-state index contributed by atoms with van der Waals surface area (Å²) < 4.78 is 38.5. The molecular weight excluding hydrogens is 439 g/mol. The number of piperazine rings is 1. The van der Waals surface area contributed by atoms with E-state index in [-0.39, 0.29) is 11.3 Å². The maximum Gasteiger partial charge on any atom is 0.417 e. The SMILES string of the molecule is CC(C)c1ccc(C2=NN=C(N3CCN(c4ccc(C(F)(F)F)cn4)CC3)C(C)C2(C)C)cc1. The van der Waals surface area contributed by atoms with E-state index in [1.807, 2.05) is 4.90 Å². The quantitative estimate of drug-likeness (QED) is 0.566. The number of benzene rings is 1. The van der Waals surface area contributed by atoms with Gasteiger partial charge in [-0.25, -0.2) is 4.98 Å². The Hall–Kier alpha value is -2.90. The van der Waals surface area contributed by atoms with Gasteiger partial charge in [-0.1, -0.05) is 58.9 Å². The minimum atomic E-state index is -4.37. The predicted molar refractivity (Wildman–Crippen MR) is 130 cm³/mol. The molecule has 1 fully saturated rings. The van der Waals surface area contributed by atoms with Gasteiger partial charge >= 0.3 is 6.18 Å². The van der Waals surface area contributed by atoms with Crippen molar-refractivity contribution >= 4 is 17.4 Å². The first-order valence-electron chi connectivity index (χ1n) is 11.8. The third-order valence-corrected chi connectivity index (χ3v) is 7.19. The van der Waals surface area contributed by atoms with Crippen LogP contribution in [0.4, 0.5) is 19.0 Å². The van der Waals surface area contributed by atoms with Crippen LogP contribution in [0.1, 0.15) is 57.2 Å². The summed E-state index contributed by atoms with van der Waals surface area (Å²) >= 11 is 0. The van der Waals surface area contributed by atoms with E-state index in [9.17, 15) is 13.2 Å². The fourth-order valence-corrected chi connectivity index (χ4v) is 4.54. The van der Waals surface area contributed by atoms with Crippen molar-refractivity contribution in [2.24, 2.45) is 21.5 Å². The molecule has 182 valence electrons. The van der Waals surface area contributed by atoms with Crippen LogP contribution in [0.5, 0.6) is 0 Å². The zero-order valence-electron chi connectivity index (χ0n) is 20.4. The van der Waals surface area contributed by atoms with Crippen LogP contribution in [-0.4, -0.2) is 47.6 Å². The third kappa shape index (κ3) is 4.68. The summed E-state index contributed by atoms with van der Waals surface area (Å²) in [5, 5.41) is 9.33. The second-order valence-corrected chi connectivity index (χ2v) is 10.0. The lowest BCUT2D eigenvalue weighted by Gasteiger charge is -2.43. The number of anilines is 1. The maximum absolute atomic E-state index is 12.8. The Morgan fingerprint density at radius 2 is 1.53 bits per heavy atom. The second-order valence-electron chi connectivity index (χ2n) is 10.0. The van der Waals surface area contributed by atoms with E-state index in [1.165, 1.54) is 11.6 Å². The minimum absolute atomic E-state index is 0.167. The average Bonchev–Trinajstić information content (AvgIpc) is 2.80. The van der Waals surface area contributed by atoms with Crippen LogP contribution >= 0.6 is 0 Å². The van der Waals surface area contributed by atoms with E-state index in [1.54, 1.807) is 0 Å². The molecule has 5 nitrogen and oxygen atoms in total. The fraction of sp³-hybridized carbons (Fsp3) is 0.500. The van der Waals surface area contributed by atoms with Crippen molar-refractivity contribution in [2.45, 2.75) is 46.7 Å². The van der Waals surface area contributed by atoms with Crippen molar-refractivity contribution in [1.82, 2.24) is 9.88 Å². The molecule has 1 atom stereocenters. The van der Waals surface area contributed by atoms with Crippen molar-refractivity contribution < 1.29 is 13.2 Å². The zero-order valence-corrected chi connectivity index (χ0v) is 20.4. The van der Waals surface area contributed by atoms with Crippen molar-refractivity contribution in [3.63, 3.8) is 0 Å². The molecule has 0 aliphatic carbocycles. The van der Waals surface area contributed by atoms with E-state index in [0.717, 1.165) is 42.5 Å². The summed E-state index contributed by atoms with van der Waals surface area (Å²) in [7, 11) is 0. The van der Waals surface area contributed by atoms with Gasteiger partial charge in [0.15, 0.2) is 0 Å².